The number of hydrogen-bond donors (Lipinski definition) is 1. The minimum absolute atomic E-state index is 0.552. The Bertz CT molecular complexity index is 478. The molecule has 0 aliphatic heterocycles. The fourth-order valence-electron chi connectivity index (χ4n) is 2.18. The fraction of sp³-hybridized carbons (Fsp3) is 0.412. The van der Waals surface area contributed by atoms with E-state index in [1.165, 1.54) is 11.1 Å². The van der Waals surface area contributed by atoms with Crippen molar-refractivity contribution in [2.75, 3.05) is 13.7 Å². The molecule has 0 bridgehead atoms. The van der Waals surface area contributed by atoms with Crippen LogP contribution in [0.2, 0.25) is 0 Å². The molecule has 20 heavy (non-hydrogen) atoms. The van der Waals surface area contributed by atoms with E-state index in [4.69, 9.17) is 4.74 Å². The summed E-state index contributed by atoms with van der Waals surface area (Å²) in [7, 11) is 1.70. The number of rotatable bonds is 8. The zero-order chi connectivity index (χ0) is 14.2. The molecule has 1 aromatic carbocycles. The highest BCUT2D eigenvalue weighted by atomic mass is 32.1. The molecule has 0 fully saturated rings. The van der Waals surface area contributed by atoms with Crippen molar-refractivity contribution in [3.63, 3.8) is 0 Å². The Morgan fingerprint density at radius 2 is 1.90 bits per heavy atom. The third-order valence-corrected chi connectivity index (χ3v) is 4.24. The molecule has 0 amide bonds. The first kappa shape index (κ1) is 15.1. The molecule has 3 heteroatoms. The van der Waals surface area contributed by atoms with Gasteiger partial charge >= 0.3 is 0 Å². The van der Waals surface area contributed by atoms with Crippen LogP contribution in [0.5, 0.6) is 5.75 Å². The van der Waals surface area contributed by atoms with Gasteiger partial charge in [0.05, 0.1) is 7.11 Å². The molecule has 2 rings (SSSR count). The molecule has 2 nitrogen and oxygen atoms in total. The number of ether oxygens (including phenoxy) is 1. The lowest BCUT2D eigenvalue weighted by Gasteiger charge is -2.13. The quantitative estimate of drug-likeness (QED) is 0.795. The largest absolute Gasteiger partial charge is 0.497 e. The van der Waals surface area contributed by atoms with Crippen LogP contribution >= 0.6 is 11.3 Å². The monoisotopic (exact) mass is 289 g/mol. The number of aryl methyl sites for hydroxylation is 1. The van der Waals surface area contributed by atoms with Crippen LogP contribution in [0.3, 0.4) is 0 Å². The summed E-state index contributed by atoms with van der Waals surface area (Å²) < 4.78 is 5.17. The van der Waals surface area contributed by atoms with Crippen molar-refractivity contribution in [3.05, 3.63) is 52.2 Å². The molecular formula is C17H23NOS. The molecule has 1 aromatic heterocycles. The summed E-state index contributed by atoms with van der Waals surface area (Å²) in [5.74, 6) is 0.927. The summed E-state index contributed by atoms with van der Waals surface area (Å²) in [5.41, 5.74) is 2.81. The maximum atomic E-state index is 5.17. The molecular weight excluding hydrogens is 266 g/mol. The minimum atomic E-state index is 0.552. The van der Waals surface area contributed by atoms with Gasteiger partial charge in [-0.3, -0.25) is 0 Å². The zero-order valence-corrected chi connectivity index (χ0v) is 13.1. The van der Waals surface area contributed by atoms with E-state index in [1.54, 1.807) is 18.4 Å². The SMILES string of the molecule is COc1ccc(CCC(C)NCCc2ccsc2)cc1. The second-order valence-electron chi connectivity index (χ2n) is 5.12. The van der Waals surface area contributed by atoms with Crippen molar-refractivity contribution in [3.8, 4) is 5.75 Å². The lowest BCUT2D eigenvalue weighted by Crippen LogP contribution is -2.28. The van der Waals surface area contributed by atoms with Crippen molar-refractivity contribution in [1.29, 1.82) is 0 Å². The van der Waals surface area contributed by atoms with Crippen molar-refractivity contribution in [2.24, 2.45) is 0 Å². The molecule has 0 radical (unpaired) electrons. The fourth-order valence-corrected chi connectivity index (χ4v) is 2.88. The highest BCUT2D eigenvalue weighted by Gasteiger charge is 2.03. The Labute approximate surface area is 125 Å². The zero-order valence-electron chi connectivity index (χ0n) is 12.3. The highest BCUT2D eigenvalue weighted by molar-refractivity contribution is 7.07. The van der Waals surface area contributed by atoms with E-state index >= 15 is 0 Å². The third kappa shape index (κ3) is 4.99. The van der Waals surface area contributed by atoms with E-state index in [1.807, 2.05) is 12.1 Å². The van der Waals surface area contributed by atoms with E-state index in [0.29, 0.717) is 6.04 Å². The smallest absolute Gasteiger partial charge is 0.118 e. The van der Waals surface area contributed by atoms with Gasteiger partial charge in [-0.1, -0.05) is 12.1 Å². The Kier molecular flexibility index (Phi) is 6.09. The Hall–Kier alpha value is -1.32. The average molecular weight is 289 g/mol. The second kappa shape index (κ2) is 8.08. The van der Waals surface area contributed by atoms with E-state index in [0.717, 1.165) is 31.6 Å². The molecule has 0 aliphatic rings. The summed E-state index contributed by atoms with van der Waals surface area (Å²) in [6.45, 7) is 3.32. The molecule has 1 unspecified atom stereocenters. The van der Waals surface area contributed by atoms with E-state index < -0.39 is 0 Å². The maximum Gasteiger partial charge on any atom is 0.118 e. The average Bonchev–Trinajstić information content (AvgIpc) is 2.99. The van der Waals surface area contributed by atoms with Gasteiger partial charge in [-0.2, -0.15) is 11.3 Å². The van der Waals surface area contributed by atoms with Gasteiger partial charge in [0.1, 0.15) is 5.75 Å². The maximum absolute atomic E-state index is 5.17. The first-order chi connectivity index (χ1) is 9.78. The first-order valence-electron chi connectivity index (χ1n) is 7.15. The summed E-state index contributed by atoms with van der Waals surface area (Å²) in [6, 6.07) is 11.1. The Morgan fingerprint density at radius 1 is 1.10 bits per heavy atom. The van der Waals surface area contributed by atoms with Gasteiger partial charge in [0, 0.05) is 6.04 Å². The van der Waals surface area contributed by atoms with Crippen molar-refractivity contribution < 1.29 is 4.74 Å². The molecule has 0 spiro atoms. The molecule has 0 saturated heterocycles. The Morgan fingerprint density at radius 3 is 2.55 bits per heavy atom. The van der Waals surface area contributed by atoms with E-state index in [-0.39, 0.29) is 0 Å². The molecule has 1 heterocycles. The summed E-state index contributed by atoms with van der Waals surface area (Å²) in [6.07, 6.45) is 3.39. The van der Waals surface area contributed by atoms with Crippen LogP contribution in [0.4, 0.5) is 0 Å². The van der Waals surface area contributed by atoms with Gasteiger partial charge in [-0.05, 0) is 72.8 Å². The van der Waals surface area contributed by atoms with Crippen LogP contribution in [0, 0.1) is 0 Å². The van der Waals surface area contributed by atoms with Gasteiger partial charge in [0.25, 0.3) is 0 Å². The van der Waals surface area contributed by atoms with Crippen molar-refractivity contribution in [1.82, 2.24) is 5.32 Å². The topological polar surface area (TPSA) is 21.3 Å². The standard InChI is InChI=1S/C17H23NOS/c1-14(18-11-9-16-10-12-20-13-16)3-4-15-5-7-17(19-2)8-6-15/h5-8,10,12-14,18H,3-4,9,11H2,1-2H3. The summed E-state index contributed by atoms with van der Waals surface area (Å²) in [4.78, 5) is 0. The molecule has 0 aliphatic carbocycles. The molecule has 108 valence electrons. The number of hydrogen-bond acceptors (Lipinski definition) is 3. The minimum Gasteiger partial charge on any atom is -0.497 e. The summed E-state index contributed by atoms with van der Waals surface area (Å²) in [5, 5.41) is 7.96. The lowest BCUT2D eigenvalue weighted by atomic mass is 10.1. The normalized spacial score (nSPS) is 12.3. The van der Waals surface area contributed by atoms with E-state index in [9.17, 15) is 0 Å². The Balaban J connectivity index is 1.65. The molecule has 2 aromatic rings. The number of methoxy groups -OCH3 is 1. The summed E-state index contributed by atoms with van der Waals surface area (Å²) >= 11 is 1.77. The van der Waals surface area contributed by atoms with Crippen molar-refractivity contribution in [2.45, 2.75) is 32.2 Å². The number of benzene rings is 1. The predicted octanol–water partition coefficient (Wildman–Crippen LogP) is 3.91. The number of thiophene rings is 1. The molecule has 0 saturated carbocycles. The highest BCUT2D eigenvalue weighted by Crippen LogP contribution is 2.13. The van der Waals surface area contributed by atoms with Crippen LogP contribution in [0.1, 0.15) is 24.5 Å². The van der Waals surface area contributed by atoms with Gasteiger partial charge in [0.15, 0.2) is 0 Å². The predicted molar refractivity (Wildman–Crippen MR) is 86.8 cm³/mol. The molecule has 1 atom stereocenters. The first-order valence-corrected chi connectivity index (χ1v) is 8.09. The van der Waals surface area contributed by atoms with Gasteiger partial charge in [0.2, 0.25) is 0 Å². The van der Waals surface area contributed by atoms with Crippen LogP contribution in [-0.4, -0.2) is 19.7 Å². The van der Waals surface area contributed by atoms with Crippen LogP contribution in [-0.2, 0) is 12.8 Å². The second-order valence-corrected chi connectivity index (χ2v) is 5.90. The van der Waals surface area contributed by atoms with Crippen LogP contribution in [0.25, 0.3) is 0 Å². The molecule has 1 N–H and O–H groups in total. The van der Waals surface area contributed by atoms with Gasteiger partial charge < -0.3 is 10.1 Å². The van der Waals surface area contributed by atoms with Crippen LogP contribution in [0.15, 0.2) is 41.1 Å². The number of nitrogens with one attached hydrogen (secondary N) is 1. The van der Waals surface area contributed by atoms with Gasteiger partial charge in [-0.25, -0.2) is 0 Å². The van der Waals surface area contributed by atoms with Gasteiger partial charge in [-0.15, -0.1) is 0 Å². The van der Waals surface area contributed by atoms with Crippen molar-refractivity contribution >= 4 is 11.3 Å². The van der Waals surface area contributed by atoms with E-state index in [2.05, 4.69) is 41.2 Å². The lowest BCUT2D eigenvalue weighted by molar-refractivity contribution is 0.414. The van der Waals surface area contributed by atoms with Crippen LogP contribution < -0.4 is 10.1 Å². The third-order valence-electron chi connectivity index (χ3n) is 3.51.